The Bertz CT molecular complexity index is 945. The standard InChI is InChI=1S/C18H14FNO2S/c1-11(23)16-10-12-9-13(19)3-8-17(12)22-18(16)20-14-4-6-15(21-2)7-5-14/h3-10H,1-2H3/b20-18-. The van der Waals surface area contributed by atoms with Crippen LogP contribution in [0.4, 0.5) is 10.1 Å². The van der Waals surface area contributed by atoms with Crippen molar-refractivity contribution in [1.82, 2.24) is 0 Å². The van der Waals surface area contributed by atoms with Gasteiger partial charge in [-0.2, -0.15) is 0 Å². The zero-order valence-corrected chi connectivity index (χ0v) is 13.5. The third kappa shape index (κ3) is 3.29. The minimum Gasteiger partial charge on any atom is -0.497 e. The van der Waals surface area contributed by atoms with Crippen molar-refractivity contribution in [2.45, 2.75) is 6.92 Å². The maximum absolute atomic E-state index is 13.4. The summed E-state index contributed by atoms with van der Waals surface area (Å²) >= 11 is 5.27. The molecule has 1 heterocycles. The van der Waals surface area contributed by atoms with Crippen molar-refractivity contribution in [3.63, 3.8) is 0 Å². The summed E-state index contributed by atoms with van der Waals surface area (Å²) in [6.07, 6.45) is 0. The highest BCUT2D eigenvalue weighted by molar-refractivity contribution is 7.80. The van der Waals surface area contributed by atoms with Gasteiger partial charge < -0.3 is 9.15 Å². The number of hydrogen-bond donors (Lipinski definition) is 0. The molecule has 0 saturated heterocycles. The molecule has 0 unspecified atom stereocenters. The third-order valence-corrected chi connectivity index (χ3v) is 3.61. The molecule has 0 aliphatic carbocycles. The number of halogens is 1. The quantitative estimate of drug-likeness (QED) is 0.523. The Morgan fingerprint density at radius 1 is 1.13 bits per heavy atom. The number of hydrogen-bond acceptors (Lipinski definition) is 4. The molecule has 0 radical (unpaired) electrons. The lowest BCUT2D eigenvalue weighted by molar-refractivity contribution is 0.415. The fraction of sp³-hybridized carbons (Fsp3) is 0.111. The summed E-state index contributed by atoms with van der Waals surface area (Å²) < 4.78 is 24.3. The van der Waals surface area contributed by atoms with Gasteiger partial charge in [0.25, 0.3) is 0 Å². The number of methoxy groups -OCH3 is 1. The molecule has 0 aliphatic heterocycles. The number of benzene rings is 2. The molecule has 116 valence electrons. The molecule has 0 aliphatic rings. The summed E-state index contributed by atoms with van der Waals surface area (Å²) in [6.45, 7) is 1.79. The van der Waals surface area contributed by atoms with Crippen molar-refractivity contribution < 1.29 is 13.5 Å². The van der Waals surface area contributed by atoms with E-state index in [1.165, 1.54) is 12.1 Å². The summed E-state index contributed by atoms with van der Waals surface area (Å²) in [6, 6.07) is 13.4. The maximum Gasteiger partial charge on any atom is 0.228 e. The lowest BCUT2D eigenvalue weighted by Gasteiger charge is -2.04. The first kappa shape index (κ1) is 15.4. The SMILES string of the molecule is COc1ccc(/N=c2\oc3ccc(F)cc3cc2C(C)=S)cc1. The number of rotatable bonds is 3. The van der Waals surface area contributed by atoms with Crippen LogP contribution in [0, 0.1) is 5.82 Å². The zero-order chi connectivity index (χ0) is 16.4. The Kier molecular flexibility index (Phi) is 4.21. The van der Waals surface area contributed by atoms with E-state index in [0.29, 0.717) is 32.6 Å². The Labute approximate surface area is 138 Å². The Morgan fingerprint density at radius 3 is 2.52 bits per heavy atom. The second kappa shape index (κ2) is 6.30. The summed E-state index contributed by atoms with van der Waals surface area (Å²) in [5.41, 5.74) is 2.35. The molecule has 3 rings (SSSR count). The molecule has 0 bridgehead atoms. The molecule has 2 aromatic carbocycles. The van der Waals surface area contributed by atoms with Gasteiger partial charge in [-0.3, -0.25) is 0 Å². The van der Waals surface area contributed by atoms with Crippen LogP contribution in [-0.2, 0) is 0 Å². The van der Waals surface area contributed by atoms with E-state index in [0.717, 1.165) is 5.75 Å². The summed E-state index contributed by atoms with van der Waals surface area (Å²) in [4.78, 5) is 5.14. The first-order chi connectivity index (χ1) is 11.1. The van der Waals surface area contributed by atoms with Gasteiger partial charge in [0, 0.05) is 10.3 Å². The number of thiocarbonyl (C=S) groups is 1. The van der Waals surface area contributed by atoms with Crippen LogP contribution in [0.2, 0.25) is 0 Å². The number of nitrogens with zero attached hydrogens (tertiary/aromatic N) is 1. The Morgan fingerprint density at radius 2 is 1.87 bits per heavy atom. The van der Waals surface area contributed by atoms with Gasteiger partial charge in [0.1, 0.15) is 17.1 Å². The minimum atomic E-state index is -0.319. The molecule has 1 aromatic heterocycles. The summed E-state index contributed by atoms with van der Waals surface area (Å²) in [7, 11) is 1.61. The largest absolute Gasteiger partial charge is 0.497 e. The summed E-state index contributed by atoms with van der Waals surface area (Å²) in [5.74, 6) is 0.432. The first-order valence-electron chi connectivity index (χ1n) is 7.00. The van der Waals surface area contributed by atoms with Gasteiger partial charge in [0.15, 0.2) is 0 Å². The van der Waals surface area contributed by atoms with E-state index in [4.69, 9.17) is 21.4 Å². The molecule has 0 saturated carbocycles. The highest BCUT2D eigenvalue weighted by Gasteiger charge is 2.07. The van der Waals surface area contributed by atoms with Crippen molar-refractivity contribution in [1.29, 1.82) is 0 Å². The Hall–Kier alpha value is -2.53. The van der Waals surface area contributed by atoms with Crippen LogP contribution in [0.5, 0.6) is 5.75 Å². The van der Waals surface area contributed by atoms with E-state index < -0.39 is 0 Å². The lowest BCUT2D eigenvalue weighted by atomic mass is 10.1. The van der Waals surface area contributed by atoms with Gasteiger partial charge in [-0.1, -0.05) is 12.2 Å². The first-order valence-corrected chi connectivity index (χ1v) is 7.41. The molecule has 3 nitrogen and oxygen atoms in total. The van der Waals surface area contributed by atoms with Crippen molar-refractivity contribution in [3.05, 3.63) is 65.5 Å². The molecule has 0 N–H and O–H groups in total. The van der Waals surface area contributed by atoms with E-state index in [2.05, 4.69) is 4.99 Å². The van der Waals surface area contributed by atoms with E-state index in [9.17, 15) is 4.39 Å². The molecule has 3 aromatic rings. The second-order valence-corrected chi connectivity index (χ2v) is 5.63. The van der Waals surface area contributed by atoms with E-state index in [1.807, 2.05) is 24.3 Å². The van der Waals surface area contributed by atoms with Crippen LogP contribution in [-0.4, -0.2) is 12.0 Å². The summed E-state index contributed by atoms with van der Waals surface area (Å²) in [5, 5.41) is 0.651. The van der Waals surface area contributed by atoms with Crippen LogP contribution in [0.25, 0.3) is 11.0 Å². The van der Waals surface area contributed by atoms with E-state index in [-0.39, 0.29) is 5.82 Å². The average Bonchev–Trinajstić information content (AvgIpc) is 2.55. The van der Waals surface area contributed by atoms with Crippen LogP contribution in [0.3, 0.4) is 0 Å². The maximum atomic E-state index is 13.4. The van der Waals surface area contributed by atoms with Crippen LogP contribution >= 0.6 is 12.2 Å². The molecule has 0 atom stereocenters. The molecule has 5 heteroatoms. The van der Waals surface area contributed by atoms with E-state index >= 15 is 0 Å². The van der Waals surface area contributed by atoms with Gasteiger partial charge in [-0.25, -0.2) is 9.38 Å². The van der Waals surface area contributed by atoms with Gasteiger partial charge in [0.05, 0.1) is 18.4 Å². The topological polar surface area (TPSA) is 34.7 Å². The molecule has 0 amide bonds. The number of ether oxygens (including phenoxy) is 1. The van der Waals surface area contributed by atoms with Crippen molar-refractivity contribution in [2.75, 3.05) is 7.11 Å². The smallest absolute Gasteiger partial charge is 0.228 e. The van der Waals surface area contributed by atoms with E-state index in [1.54, 1.807) is 26.2 Å². The van der Waals surface area contributed by atoms with Crippen molar-refractivity contribution >= 4 is 33.7 Å². The van der Waals surface area contributed by atoms with Gasteiger partial charge in [-0.15, -0.1) is 0 Å². The predicted octanol–water partition coefficient (Wildman–Crippen LogP) is 4.55. The van der Waals surface area contributed by atoms with Crippen LogP contribution in [0.15, 0.2) is 57.9 Å². The fourth-order valence-corrected chi connectivity index (χ4v) is 2.36. The van der Waals surface area contributed by atoms with Crippen molar-refractivity contribution in [3.8, 4) is 5.75 Å². The van der Waals surface area contributed by atoms with Crippen LogP contribution < -0.4 is 10.3 Å². The lowest BCUT2D eigenvalue weighted by Crippen LogP contribution is -2.12. The highest BCUT2D eigenvalue weighted by Crippen LogP contribution is 2.19. The monoisotopic (exact) mass is 327 g/mol. The van der Waals surface area contributed by atoms with Gasteiger partial charge >= 0.3 is 0 Å². The highest BCUT2D eigenvalue weighted by atomic mass is 32.1. The molecular weight excluding hydrogens is 313 g/mol. The van der Waals surface area contributed by atoms with Crippen LogP contribution in [0.1, 0.15) is 12.5 Å². The predicted molar refractivity (Wildman–Crippen MR) is 91.8 cm³/mol. The molecule has 0 spiro atoms. The molecule has 23 heavy (non-hydrogen) atoms. The average molecular weight is 327 g/mol. The molecule has 0 fully saturated rings. The fourth-order valence-electron chi connectivity index (χ4n) is 2.21. The number of fused-ring (bicyclic) bond motifs is 1. The normalized spacial score (nSPS) is 11.7. The van der Waals surface area contributed by atoms with Crippen molar-refractivity contribution in [2.24, 2.45) is 4.99 Å². The third-order valence-electron chi connectivity index (χ3n) is 3.39. The minimum absolute atomic E-state index is 0.319. The second-order valence-electron chi connectivity index (χ2n) is 5.01. The molecular formula is C18H14FNO2S. The van der Waals surface area contributed by atoms with Gasteiger partial charge in [0.2, 0.25) is 5.55 Å². The Balaban J connectivity index is 2.21. The zero-order valence-electron chi connectivity index (χ0n) is 12.7. The van der Waals surface area contributed by atoms with Gasteiger partial charge in [-0.05, 0) is 55.5 Å².